The van der Waals surface area contributed by atoms with E-state index in [1.54, 1.807) is 7.11 Å². The summed E-state index contributed by atoms with van der Waals surface area (Å²) in [5, 5.41) is 0. The molecular weight excluding hydrogens is 266 g/mol. The van der Waals surface area contributed by atoms with Gasteiger partial charge in [0.15, 0.2) is 0 Å². The van der Waals surface area contributed by atoms with Crippen LogP contribution in [0.1, 0.15) is 12.0 Å². The maximum Gasteiger partial charge on any atom is 0.222 e. The van der Waals surface area contributed by atoms with Crippen molar-refractivity contribution >= 4 is 11.6 Å². The molecule has 1 amide bonds. The first-order valence-corrected chi connectivity index (χ1v) is 7.53. The number of carbonyl (C=O) groups excluding carboxylic acids is 1. The number of methoxy groups -OCH3 is 1. The van der Waals surface area contributed by atoms with Crippen LogP contribution >= 0.6 is 0 Å². The van der Waals surface area contributed by atoms with Crippen LogP contribution in [-0.2, 0) is 16.0 Å². The second-order valence-electron chi connectivity index (χ2n) is 5.41. The molecule has 116 valence electrons. The number of nitrogens with zero attached hydrogens (tertiary/aromatic N) is 2. The molecule has 1 aliphatic heterocycles. The number of benzene rings is 1. The number of hydrogen-bond donors (Lipinski definition) is 1. The van der Waals surface area contributed by atoms with Crippen LogP contribution in [-0.4, -0.2) is 62.1 Å². The van der Waals surface area contributed by atoms with Crippen LogP contribution in [0.2, 0.25) is 0 Å². The molecule has 1 aromatic rings. The minimum absolute atomic E-state index is 0.227. The number of ether oxygens (including phenoxy) is 1. The molecule has 2 N–H and O–H groups in total. The van der Waals surface area contributed by atoms with Crippen molar-refractivity contribution in [1.82, 2.24) is 9.80 Å². The lowest BCUT2D eigenvalue weighted by Gasteiger charge is -2.34. The quantitative estimate of drug-likeness (QED) is 0.794. The van der Waals surface area contributed by atoms with Crippen molar-refractivity contribution in [3.8, 4) is 0 Å². The molecule has 0 aliphatic carbocycles. The summed E-state index contributed by atoms with van der Waals surface area (Å²) in [5.41, 5.74) is 7.74. The summed E-state index contributed by atoms with van der Waals surface area (Å²) in [5.74, 6) is 0.227. The van der Waals surface area contributed by atoms with E-state index < -0.39 is 0 Å². The number of nitrogen functional groups attached to an aromatic ring is 1. The van der Waals surface area contributed by atoms with Crippen molar-refractivity contribution < 1.29 is 9.53 Å². The summed E-state index contributed by atoms with van der Waals surface area (Å²) in [4.78, 5) is 16.5. The molecule has 21 heavy (non-hydrogen) atoms. The molecule has 1 saturated heterocycles. The molecule has 1 aromatic carbocycles. The maximum atomic E-state index is 12.2. The van der Waals surface area contributed by atoms with Crippen LogP contribution in [0.5, 0.6) is 0 Å². The van der Waals surface area contributed by atoms with Crippen LogP contribution in [0.3, 0.4) is 0 Å². The van der Waals surface area contributed by atoms with Gasteiger partial charge in [-0.1, -0.05) is 18.2 Å². The third-order valence-corrected chi connectivity index (χ3v) is 4.00. The molecule has 1 aliphatic rings. The van der Waals surface area contributed by atoms with E-state index in [0.717, 1.165) is 57.0 Å². The summed E-state index contributed by atoms with van der Waals surface area (Å²) >= 11 is 0. The normalized spacial score (nSPS) is 16.1. The lowest BCUT2D eigenvalue weighted by molar-refractivity contribution is -0.132. The third kappa shape index (κ3) is 4.72. The van der Waals surface area contributed by atoms with Crippen molar-refractivity contribution in [2.75, 3.05) is 52.2 Å². The highest BCUT2D eigenvalue weighted by atomic mass is 16.5. The summed E-state index contributed by atoms with van der Waals surface area (Å²) in [7, 11) is 1.72. The Bertz CT molecular complexity index is 457. The van der Waals surface area contributed by atoms with E-state index in [2.05, 4.69) is 4.90 Å². The van der Waals surface area contributed by atoms with E-state index in [1.807, 2.05) is 29.2 Å². The van der Waals surface area contributed by atoms with Gasteiger partial charge in [-0.25, -0.2) is 0 Å². The highest BCUT2D eigenvalue weighted by molar-refractivity contribution is 5.76. The summed E-state index contributed by atoms with van der Waals surface area (Å²) in [6.45, 7) is 5.19. The molecule has 2 rings (SSSR count). The van der Waals surface area contributed by atoms with Gasteiger partial charge in [0.05, 0.1) is 6.61 Å². The molecule has 0 atom stereocenters. The second-order valence-corrected chi connectivity index (χ2v) is 5.41. The molecular formula is C16H25N3O2. The fourth-order valence-corrected chi connectivity index (χ4v) is 2.60. The van der Waals surface area contributed by atoms with Crippen LogP contribution in [0.4, 0.5) is 5.69 Å². The van der Waals surface area contributed by atoms with E-state index >= 15 is 0 Å². The summed E-state index contributed by atoms with van der Waals surface area (Å²) < 4.78 is 5.08. The van der Waals surface area contributed by atoms with Gasteiger partial charge in [0.25, 0.3) is 0 Å². The van der Waals surface area contributed by atoms with Gasteiger partial charge in [-0.15, -0.1) is 0 Å². The third-order valence-electron chi connectivity index (χ3n) is 4.00. The van der Waals surface area contributed by atoms with Gasteiger partial charge in [-0.3, -0.25) is 9.69 Å². The number of anilines is 1. The molecule has 1 heterocycles. The first-order chi connectivity index (χ1) is 10.2. The minimum Gasteiger partial charge on any atom is -0.399 e. The van der Waals surface area contributed by atoms with Crippen LogP contribution in [0.15, 0.2) is 24.3 Å². The van der Waals surface area contributed by atoms with Gasteiger partial charge >= 0.3 is 0 Å². The summed E-state index contributed by atoms with van der Waals surface area (Å²) in [6, 6.07) is 7.75. The Labute approximate surface area is 126 Å². The standard InChI is InChI=1S/C16H25N3O2/c1-21-13-12-18-8-10-19(11-9-18)16(20)7-6-14-4-2-3-5-15(14)17/h2-5H,6-13,17H2,1H3. The fraction of sp³-hybridized carbons (Fsp3) is 0.562. The molecule has 5 heteroatoms. The Morgan fingerprint density at radius 1 is 1.24 bits per heavy atom. The van der Waals surface area contributed by atoms with Crippen molar-refractivity contribution in [3.63, 3.8) is 0 Å². The highest BCUT2D eigenvalue weighted by Crippen LogP contribution is 2.14. The molecule has 0 aromatic heterocycles. The Hall–Kier alpha value is -1.59. The molecule has 0 unspecified atom stereocenters. The fourth-order valence-electron chi connectivity index (χ4n) is 2.60. The Morgan fingerprint density at radius 2 is 1.95 bits per heavy atom. The van der Waals surface area contributed by atoms with Crippen molar-refractivity contribution in [2.45, 2.75) is 12.8 Å². The number of hydrogen-bond acceptors (Lipinski definition) is 4. The smallest absolute Gasteiger partial charge is 0.222 e. The predicted octanol–water partition coefficient (Wildman–Crippen LogP) is 0.992. The van der Waals surface area contributed by atoms with Gasteiger partial charge in [-0.05, 0) is 18.1 Å². The molecule has 1 fully saturated rings. The number of piperazine rings is 1. The number of nitrogens with two attached hydrogens (primary N) is 1. The van der Waals surface area contributed by atoms with Crippen molar-refractivity contribution in [1.29, 1.82) is 0 Å². The maximum absolute atomic E-state index is 12.2. The van der Waals surface area contributed by atoms with Crippen molar-refractivity contribution in [3.05, 3.63) is 29.8 Å². The topological polar surface area (TPSA) is 58.8 Å². The van der Waals surface area contributed by atoms with E-state index in [9.17, 15) is 4.79 Å². The van der Waals surface area contributed by atoms with Gasteiger partial charge in [0.1, 0.15) is 0 Å². The van der Waals surface area contributed by atoms with Crippen molar-refractivity contribution in [2.24, 2.45) is 0 Å². The van der Waals surface area contributed by atoms with E-state index in [0.29, 0.717) is 6.42 Å². The van der Waals surface area contributed by atoms with E-state index in [1.165, 1.54) is 0 Å². The largest absolute Gasteiger partial charge is 0.399 e. The zero-order valence-electron chi connectivity index (χ0n) is 12.8. The average molecular weight is 291 g/mol. The molecule has 5 nitrogen and oxygen atoms in total. The van der Waals surface area contributed by atoms with Crippen LogP contribution < -0.4 is 5.73 Å². The first kappa shape index (κ1) is 15.8. The number of para-hydroxylation sites is 1. The monoisotopic (exact) mass is 291 g/mol. The minimum atomic E-state index is 0.227. The molecule has 0 bridgehead atoms. The molecule has 0 radical (unpaired) electrons. The molecule has 0 spiro atoms. The second kappa shape index (κ2) is 8.00. The SMILES string of the molecule is COCCN1CCN(C(=O)CCc2ccccc2N)CC1. The van der Waals surface area contributed by atoms with Crippen LogP contribution in [0.25, 0.3) is 0 Å². The first-order valence-electron chi connectivity index (χ1n) is 7.53. The number of carbonyl (C=O) groups is 1. The highest BCUT2D eigenvalue weighted by Gasteiger charge is 2.20. The Balaban J connectivity index is 1.74. The van der Waals surface area contributed by atoms with Gasteiger partial charge in [0.2, 0.25) is 5.91 Å². The van der Waals surface area contributed by atoms with E-state index in [-0.39, 0.29) is 5.91 Å². The number of aryl methyl sites for hydroxylation is 1. The lowest BCUT2D eigenvalue weighted by Crippen LogP contribution is -2.49. The average Bonchev–Trinajstić information content (AvgIpc) is 2.52. The van der Waals surface area contributed by atoms with Gasteiger partial charge in [-0.2, -0.15) is 0 Å². The zero-order chi connectivity index (χ0) is 15.1. The lowest BCUT2D eigenvalue weighted by atomic mass is 10.1. The van der Waals surface area contributed by atoms with Crippen LogP contribution in [0, 0.1) is 0 Å². The Morgan fingerprint density at radius 3 is 2.62 bits per heavy atom. The number of rotatable bonds is 6. The number of amides is 1. The van der Waals surface area contributed by atoms with E-state index in [4.69, 9.17) is 10.5 Å². The Kier molecular flexibility index (Phi) is 6.02. The van der Waals surface area contributed by atoms with Gasteiger partial charge in [0, 0.05) is 51.9 Å². The zero-order valence-corrected chi connectivity index (χ0v) is 12.8. The summed E-state index contributed by atoms with van der Waals surface area (Å²) in [6.07, 6.45) is 1.25. The molecule has 0 saturated carbocycles. The van der Waals surface area contributed by atoms with Gasteiger partial charge < -0.3 is 15.4 Å². The predicted molar refractivity (Wildman–Crippen MR) is 84.1 cm³/mol.